The number of benzene rings is 2. The largest absolute Gasteiger partial charge is 0.506 e. The Morgan fingerprint density at radius 2 is 2.00 bits per heavy atom. The van der Waals surface area contributed by atoms with Gasteiger partial charge in [-0.2, -0.15) is 0 Å². The molecule has 0 radical (unpaired) electrons. The summed E-state index contributed by atoms with van der Waals surface area (Å²) in [6, 6.07) is 10.1. The van der Waals surface area contributed by atoms with Gasteiger partial charge in [-0.15, -0.1) is 0 Å². The van der Waals surface area contributed by atoms with E-state index in [1.54, 1.807) is 37.4 Å². The first-order valence-electron chi connectivity index (χ1n) is 6.46. The summed E-state index contributed by atoms with van der Waals surface area (Å²) < 4.78 is 5.12. The number of rotatable bonds is 3. The molecule has 0 aromatic heterocycles. The Labute approximate surface area is 123 Å². The van der Waals surface area contributed by atoms with Gasteiger partial charge in [-0.05, 0) is 36.8 Å². The zero-order valence-corrected chi connectivity index (χ0v) is 12.3. The standard InChI is InChI=1S/C16H18N2O3/c1-10-7-8-12(13(19)9-10)18(2)16(20)11-5-4-6-14(21-3)15(11)17/h4-9,19H,17H2,1-3H3. The van der Waals surface area contributed by atoms with Gasteiger partial charge < -0.3 is 20.5 Å². The minimum Gasteiger partial charge on any atom is -0.506 e. The number of hydrogen-bond donors (Lipinski definition) is 2. The number of phenolic OH excluding ortho intramolecular Hbond substituents is 1. The molecule has 0 atom stereocenters. The highest BCUT2D eigenvalue weighted by atomic mass is 16.5. The summed E-state index contributed by atoms with van der Waals surface area (Å²) in [6.45, 7) is 1.87. The zero-order valence-electron chi connectivity index (χ0n) is 12.3. The fourth-order valence-electron chi connectivity index (χ4n) is 2.12. The summed E-state index contributed by atoms with van der Waals surface area (Å²) in [4.78, 5) is 13.9. The minimum atomic E-state index is -0.314. The molecule has 2 aromatic carbocycles. The first-order chi connectivity index (χ1) is 9.95. The first kappa shape index (κ1) is 14.7. The van der Waals surface area contributed by atoms with Crippen LogP contribution >= 0.6 is 0 Å². The van der Waals surface area contributed by atoms with Crippen molar-refractivity contribution in [1.29, 1.82) is 0 Å². The fourth-order valence-corrected chi connectivity index (χ4v) is 2.12. The van der Waals surface area contributed by atoms with Gasteiger partial charge in [0, 0.05) is 7.05 Å². The second-order valence-electron chi connectivity index (χ2n) is 4.78. The molecule has 0 saturated heterocycles. The molecule has 0 fully saturated rings. The SMILES string of the molecule is COc1cccc(C(=O)N(C)c2ccc(C)cc2O)c1N. The van der Waals surface area contributed by atoms with E-state index in [4.69, 9.17) is 10.5 Å². The van der Waals surface area contributed by atoms with Gasteiger partial charge >= 0.3 is 0 Å². The van der Waals surface area contributed by atoms with E-state index >= 15 is 0 Å². The van der Waals surface area contributed by atoms with Crippen molar-refractivity contribution in [3.8, 4) is 11.5 Å². The number of aromatic hydroxyl groups is 1. The van der Waals surface area contributed by atoms with Crippen molar-refractivity contribution in [1.82, 2.24) is 0 Å². The molecule has 5 heteroatoms. The van der Waals surface area contributed by atoms with E-state index in [0.29, 0.717) is 17.0 Å². The van der Waals surface area contributed by atoms with Gasteiger partial charge in [-0.1, -0.05) is 12.1 Å². The highest BCUT2D eigenvalue weighted by Gasteiger charge is 2.20. The third-order valence-corrected chi connectivity index (χ3v) is 3.31. The smallest absolute Gasteiger partial charge is 0.260 e. The van der Waals surface area contributed by atoms with Crippen LogP contribution in [-0.4, -0.2) is 25.2 Å². The van der Waals surface area contributed by atoms with E-state index in [-0.39, 0.29) is 17.3 Å². The average molecular weight is 286 g/mol. The zero-order chi connectivity index (χ0) is 15.6. The van der Waals surface area contributed by atoms with E-state index in [2.05, 4.69) is 0 Å². The molecule has 3 N–H and O–H groups in total. The van der Waals surface area contributed by atoms with Crippen LogP contribution in [0.1, 0.15) is 15.9 Å². The molecule has 0 unspecified atom stereocenters. The van der Waals surface area contributed by atoms with Crippen LogP contribution in [0, 0.1) is 6.92 Å². The summed E-state index contributed by atoms with van der Waals surface area (Å²) in [7, 11) is 3.08. The number of nitrogen functional groups attached to an aromatic ring is 1. The molecule has 0 aliphatic heterocycles. The number of nitrogens with zero attached hydrogens (tertiary/aromatic N) is 1. The van der Waals surface area contributed by atoms with Gasteiger partial charge in [0.05, 0.1) is 24.0 Å². The van der Waals surface area contributed by atoms with Crippen LogP contribution in [0.2, 0.25) is 0 Å². The van der Waals surface area contributed by atoms with Crippen molar-refractivity contribution in [2.24, 2.45) is 0 Å². The number of nitrogens with two attached hydrogens (primary N) is 1. The Hall–Kier alpha value is -2.69. The van der Waals surface area contributed by atoms with Crippen molar-refractivity contribution < 1.29 is 14.6 Å². The number of para-hydroxylation sites is 1. The van der Waals surface area contributed by atoms with Crippen LogP contribution in [0.15, 0.2) is 36.4 Å². The molecule has 110 valence electrons. The highest BCUT2D eigenvalue weighted by molar-refractivity contribution is 6.10. The van der Waals surface area contributed by atoms with Crippen LogP contribution in [0.5, 0.6) is 11.5 Å². The fraction of sp³-hybridized carbons (Fsp3) is 0.188. The number of aryl methyl sites for hydroxylation is 1. The molecule has 0 aliphatic rings. The van der Waals surface area contributed by atoms with E-state index in [9.17, 15) is 9.90 Å². The van der Waals surface area contributed by atoms with E-state index in [1.807, 2.05) is 13.0 Å². The van der Waals surface area contributed by atoms with Gasteiger partial charge in [0.15, 0.2) is 0 Å². The Balaban J connectivity index is 2.40. The normalized spacial score (nSPS) is 10.2. The molecule has 1 amide bonds. The van der Waals surface area contributed by atoms with Gasteiger partial charge in [0.1, 0.15) is 11.5 Å². The summed E-state index contributed by atoms with van der Waals surface area (Å²) in [5.74, 6) is 0.181. The van der Waals surface area contributed by atoms with Crippen molar-refractivity contribution >= 4 is 17.3 Å². The predicted molar refractivity (Wildman–Crippen MR) is 83.0 cm³/mol. The van der Waals surface area contributed by atoms with E-state index in [0.717, 1.165) is 5.56 Å². The molecule has 2 rings (SSSR count). The molecule has 0 saturated carbocycles. The molecule has 0 bridgehead atoms. The van der Waals surface area contributed by atoms with Crippen LogP contribution in [0.4, 0.5) is 11.4 Å². The predicted octanol–water partition coefficient (Wildman–Crippen LogP) is 2.57. The first-order valence-corrected chi connectivity index (χ1v) is 6.46. The number of methoxy groups -OCH3 is 1. The van der Waals surface area contributed by atoms with Crippen molar-refractivity contribution in [2.75, 3.05) is 24.8 Å². The minimum absolute atomic E-state index is 0.0484. The quantitative estimate of drug-likeness (QED) is 0.850. The lowest BCUT2D eigenvalue weighted by molar-refractivity contribution is 0.0993. The van der Waals surface area contributed by atoms with E-state index in [1.165, 1.54) is 12.0 Å². The number of amides is 1. The number of phenols is 1. The molecule has 0 spiro atoms. The van der Waals surface area contributed by atoms with Crippen LogP contribution in [-0.2, 0) is 0 Å². The van der Waals surface area contributed by atoms with E-state index < -0.39 is 0 Å². The number of ether oxygens (including phenoxy) is 1. The van der Waals surface area contributed by atoms with Gasteiger partial charge in [0.25, 0.3) is 5.91 Å². The maximum atomic E-state index is 12.6. The lowest BCUT2D eigenvalue weighted by atomic mass is 10.1. The number of anilines is 2. The lowest BCUT2D eigenvalue weighted by Crippen LogP contribution is -2.27. The number of carbonyl (C=O) groups is 1. The molecular formula is C16H18N2O3. The second kappa shape index (κ2) is 5.75. The number of carbonyl (C=O) groups excluding carboxylic acids is 1. The average Bonchev–Trinajstić information content (AvgIpc) is 2.46. The second-order valence-corrected chi connectivity index (χ2v) is 4.78. The Bertz CT molecular complexity index is 683. The molecule has 5 nitrogen and oxygen atoms in total. The molecular weight excluding hydrogens is 268 g/mol. The topological polar surface area (TPSA) is 75.8 Å². The van der Waals surface area contributed by atoms with Crippen molar-refractivity contribution in [3.63, 3.8) is 0 Å². The maximum Gasteiger partial charge on any atom is 0.260 e. The van der Waals surface area contributed by atoms with Crippen LogP contribution < -0.4 is 15.4 Å². The Kier molecular flexibility index (Phi) is 4.03. The molecule has 2 aromatic rings. The summed E-state index contributed by atoms with van der Waals surface area (Å²) in [6.07, 6.45) is 0. The molecule has 0 heterocycles. The van der Waals surface area contributed by atoms with Gasteiger partial charge in [0.2, 0.25) is 0 Å². The number of hydrogen-bond acceptors (Lipinski definition) is 4. The third-order valence-electron chi connectivity index (χ3n) is 3.31. The summed E-state index contributed by atoms with van der Waals surface area (Å²) in [5, 5.41) is 9.98. The monoisotopic (exact) mass is 286 g/mol. The van der Waals surface area contributed by atoms with Crippen molar-refractivity contribution in [3.05, 3.63) is 47.5 Å². The third kappa shape index (κ3) is 2.76. The Morgan fingerprint density at radius 3 is 2.62 bits per heavy atom. The summed E-state index contributed by atoms with van der Waals surface area (Å²) in [5.41, 5.74) is 7.89. The highest BCUT2D eigenvalue weighted by Crippen LogP contribution is 2.31. The maximum absolute atomic E-state index is 12.6. The van der Waals surface area contributed by atoms with Crippen LogP contribution in [0.25, 0.3) is 0 Å². The molecule has 21 heavy (non-hydrogen) atoms. The van der Waals surface area contributed by atoms with Gasteiger partial charge in [-0.3, -0.25) is 4.79 Å². The van der Waals surface area contributed by atoms with Gasteiger partial charge in [-0.25, -0.2) is 0 Å². The molecule has 0 aliphatic carbocycles. The lowest BCUT2D eigenvalue weighted by Gasteiger charge is -2.20. The van der Waals surface area contributed by atoms with Crippen molar-refractivity contribution in [2.45, 2.75) is 6.92 Å². The Morgan fingerprint density at radius 1 is 1.29 bits per heavy atom. The van der Waals surface area contributed by atoms with Crippen LogP contribution in [0.3, 0.4) is 0 Å². The summed E-state index contributed by atoms with van der Waals surface area (Å²) >= 11 is 0.